The Kier molecular flexibility index (Phi) is 3.45. The lowest BCUT2D eigenvalue weighted by atomic mass is 9.85. The third-order valence-corrected chi connectivity index (χ3v) is 4.05. The Labute approximate surface area is 87.6 Å². The standard InChI is InChI=1S/C12H23NO/c1-3-10-5-4-6-13(9-10)11-7-12(8-11)14-2/h10-12H,3-9H2,1-2H3/t10-,11?,12?/m1/s1. The predicted molar refractivity (Wildman–Crippen MR) is 58.4 cm³/mol. The fraction of sp³-hybridized carbons (Fsp3) is 1.00. The number of ether oxygens (including phenoxy) is 1. The summed E-state index contributed by atoms with van der Waals surface area (Å²) in [6.45, 7) is 5.00. The van der Waals surface area contributed by atoms with Gasteiger partial charge in [-0.3, -0.25) is 4.90 Å². The second kappa shape index (κ2) is 4.63. The number of likely N-dealkylation sites (tertiary alicyclic amines) is 1. The minimum absolute atomic E-state index is 0.557. The van der Waals surface area contributed by atoms with Crippen molar-refractivity contribution in [2.45, 2.75) is 51.2 Å². The summed E-state index contributed by atoms with van der Waals surface area (Å²) < 4.78 is 5.33. The van der Waals surface area contributed by atoms with Gasteiger partial charge in [-0.2, -0.15) is 0 Å². The Morgan fingerprint density at radius 3 is 2.79 bits per heavy atom. The van der Waals surface area contributed by atoms with Gasteiger partial charge in [0, 0.05) is 19.7 Å². The Balaban J connectivity index is 1.75. The molecule has 2 nitrogen and oxygen atoms in total. The maximum absolute atomic E-state index is 5.33. The van der Waals surface area contributed by atoms with Crippen LogP contribution in [-0.4, -0.2) is 37.2 Å². The summed E-state index contributed by atoms with van der Waals surface area (Å²) in [4.78, 5) is 2.70. The Hall–Kier alpha value is -0.0800. The van der Waals surface area contributed by atoms with Crippen LogP contribution in [0, 0.1) is 5.92 Å². The predicted octanol–water partition coefficient (Wildman–Crippen LogP) is 2.29. The molecule has 1 aliphatic carbocycles. The quantitative estimate of drug-likeness (QED) is 0.688. The van der Waals surface area contributed by atoms with E-state index in [4.69, 9.17) is 4.74 Å². The van der Waals surface area contributed by atoms with Crippen molar-refractivity contribution < 1.29 is 4.74 Å². The van der Waals surface area contributed by atoms with Gasteiger partial charge in [-0.05, 0) is 38.1 Å². The topological polar surface area (TPSA) is 12.5 Å². The van der Waals surface area contributed by atoms with Crippen molar-refractivity contribution in [3.05, 3.63) is 0 Å². The minimum Gasteiger partial charge on any atom is -0.381 e. The average Bonchev–Trinajstić information content (AvgIpc) is 2.17. The molecule has 0 amide bonds. The first-order chi connectivity index (χ1) is 6.83. The first-order valence-corrected chi connectivity index (χ1v) is 6.10. The third-order valence-electron chi connectivity index (χ3n) is 4.05. The zero-order valence-corrected chi connectivity index (χ0v) is 9.54. The van der Waals surface area contributed by atoms with Crippen LogP contribution in [0.5, 0.6) is 0 Å². The zero-order valence-electron chi connectivity index (χ0n) is 9.54. The minimum atomic E-state index is 0.557. The molecule has 1 aliphatic heterocycles. The molecule has 2 heteroatoms. The zero-order chi connectivity index (χ0) is 9.97. The third kappa shape index (κ3) is 2.12. The molecule has 1 atom stereocenters. The van der Waals surface area contributed by atoms with Crippen LogP contribution in [0.4, 0.5) is 0 Å². The number of rotatable bonds is 3. The van der Waals surface area contributed by atoms with E-state index < -0.39 is 0 Å². The SMILES string of the molecule is CC[C@@H]1CCCN(C2CC(OC)C2)C1. The molecule has 2 fully saturated rings. The molecule has 0 aromatic carbocycles. The van der Waals surface area contributed by atoms with Crippen molar-refractivity contribution in [1.29, 1.82) is 0 Å². The van der Waals surface area contributed by atoms with E-state index in [0.717, 1.165) is 12.0 Å². The van der Waals surface area contributed by atoms with E-state index in [1.165, 1.54) is 45.2 Å². The van der Waals surface area contributed by atoms with E-state index in [2.05, 4.69) is 11.8 Å². The smallest absolute Gasteiger partial charge is 0.0601 e. The summed E-state index contributed by atoms with van der Waals surface area (Å²) >= 11 is 0. The highest BCUT2D eigenvalue weighted by molar-refractivity contribution is 4.90. The molecule has 1 heterocycles. The fourth-order valence-corrected chi connectivity index (χ4v) is 2.79. The van der Waals surface area contributed by atoms with Gasteiger partial charge in [0.1, 0.15) is 0 Å². The molecule has 0 aromatic rings. The lowest BCUT2D eigenvalue weighted by Crippen LogP contribution is -2.51. The Bertz CT molecular complexity index is 177. The van der Waals surface area contributed by atoms with E-state index in [1.54, 1.807) is 0 Å². The van der Waals surface area contributed by atoms with Crippen molar-refractivity contribution in [2.24, 2.45) is 5.92 Å². The maximum Gasteiger partial charge on any atom is 0.0601 e. The van der Waals surface area contributed by atoms with Crippen LogP contribution in [-0.2, 0) is 4.74 Å². The molecule has 0 N–H and O–H groups in total. The normalized spacial score (nSPS) is 39.4. The van der Waals surface area contributed by atoms with Crippen molar-refractivity contribution in [3.8, 4) is 0 Å². The average molecular weight is 197 g/mol. The lowest BCUT2D eigenvalue weighted by Gasteiger charge is -2.45. The molecule has 2 rings (SSSR count). The molecular weight excluding hydrogens is 174 g/mol. The molecule has 82 valence electrons. The second-order valence-electron chi connectivity index (χ2n) is 4.89. The molecule has 0 bridgehead atoms. The summed E-state index contributed by atoms with van der Waals surface area (Å²) in [7, 11) is 1.84. The maximum atomic E-state index is 5.33. The van der Waals surface area contributed by atoms with Crippen LogP contribution in [0.15, 0.2) is 0 Å². The lowest BCUT2D eigenvalue weighted by molar-refractivity contribution is -0.0389. The summed E-state index contributed by atoms with van der Waals surface area (Å²) in [5.41, 5.74) is 0. The van der Waals surface area contributed by atoms with Crippen molar-refractivity contribution in [3.63, 3.8) is 0 Å². The van der Waals surface area contributed by atoms with Crippen molar-refractivity contribution >= 4 is 0 Å². The van der Waals surface area contributed by atoms with Crippen LogP contribution >= 0.6 is 0 Å². The molecule has 2 aliphatic rings. The van der Waals surface area contributed by atoms with E-state index in [9.17, 15) is 0 Å². The van der Waals surface area contributed by atoms with Crippen LogP contribution in [0.2, 0.25) is 0 Å². The molecular formula is C12H23NO. The first kappa shape index (κ1) is 10.4. The molecule has 14 heavy (non-hydrogen) atoms. The van der Waals surface area contributed by atoms with Gasteiger partial charge in [0.05, 0.1) is 6.10 Å². The number of hydrogen-bond acceptors (Lipinski definition) is 2. The summed E-state index contributed by atoms with van der Waals surface area (Å²) in [5, 5.41) is 0. The Morgan fingerprint density at radius 1 is 1.36 bits per heavy atom. The van der Waals surface area contributed by atoms with Crippen molar-refractivity contribution in [1.82, 2.24) is 4.90 Å². The molecule has 1 saturated heterocycles. The number of hydrogen-bond donors (Lipinski definition) is 0. The monoisotopic (exact) mass is 197 g/mol. The van der Waals surface area contributed by atoms with Gasteiger partial charge in [-0.15, -0.1) is 0 Å². The first-order valence-electron chi connectivity index (χ1n) is 6.10. The van der Waals surface area contributed by atoms with Gasteiger partial charge in [-0.1, -0.05) is 13.3 Å². The number of nitrogens with zero attached hydrogens (tertiary/aromatic N) is 1. The number of piperidine rings is 1. The second-order valence-corrected chi connectivity index (χ2v) is 4.89. The molecule has 0 unspecified atom stereocenters. The van der Waals surface area contributed by atoms with Crippen LogP contribution in [0.1, 0.15) is 39.0 Å². The Morgan fingerprint density at radius 2 is 2.14 bits per heavy atom. The molecule has 0 radical (unpaired) electrons. The summed E-state index contributed by atoms with van der Waals surface area (Å²) in [6.07, 6.45) is 7.32. The van der Waals surface area contributed by atoms with Gasteiger partial charge < -0.3 is 4.74 Å². The van der Waals surface area contributed by atoms with Crippen molar-refractivity contribution in [2.75, 3.05) is 20.2 Å². The molecule has 1 saturated carbocycles. The fourth-order valence-electron chi connectivity index (χ4n) is 2.79. The van der Waals surface area contributed by atoms with Crippen LogP contribution in [0.3, 0.4) is 0 Å². The largest absolute Gasteiger partial charge is 0.381 e. The van der Waals surface area contributed by atoms with E-state index in [0.29, 0.717) is 6.10 Å². The van der Waals surface area contributed by atoms with Gasteiger partial charge in [0.25, 0.3) is 0 Å². The highest BCUT2D eigenvalue weighted by Gasteiger charge is 2.35. The highest BCUT2D eigenvalue weighted by atomic mass is 16.5. The van der Waals surface area contributed by atoms with E-state index in [1.807, 2.05) is 7.11 Å². The summed E-state index contributed by atoms with van der Waals surface area (Å²) in [5.74, 6) is 0.963. The highest BCUT2D eigenvalue weighted by Crippen LogP contribution is 2.31. The van der Waals surface area contributed by atoms with E-state index in [-0.39, 0.29) is 0 Å². The van der Waals surface area contributed by atoms with Gasteiger partial charge in [0.15, 0.2) is 0 Å². The number of methoxy groups -OCH3 is 1. The molecule has 0 aromatic heterocycles. The van der Waals surface area contributed by atoms with Gasteiger partial charge >= 0.3 is 0 Å². The van der Waals surface area contributed by atoms with E-state index >= 15 is 0 Å². The van der Waals surface area contributed by atoms with Crippen LogP contribution in [0.25, 0.3) is 0 Å². The summed E-state index contributed by atoms with van der Waals surface area (Å²) in [6, 6.07) is 0.842. The van der Waals surface area contributed by atoms with Gasteiger partial charge in [0.2, 0.25) is 0 Å². The van der Waals surface area contributed by atoms with Gasteiger partial charge in [-0.25, -0.2) is 0 Å². The molecule has 0 spiro atoms. The van der Waals surface area contributed by atoms with Crippen LogP contribution < -0.4 is 0 Å².